The zero-order valence-corrected chi connectivity index (χ0v) is 9.74. The van der Waals surface area contributed by atoms with Crippen LogP contribution in [-0.2, 0) is 11.2 Å². The highest BCUT2D eigenvalue weighted by Gasteiger charge is 2.21. The minimum atomic E-state index is 0.0271. The molecule has 0 aromatic carbocycles. The Balaban J connectivity index is 1.85. The molecule has 1 fully saturated rings. The van der Waals surface area contributed by atoms with Crippen molar-refractivity contribution in [3.8, 4) is 0 Å². The maximum atomic E-state index is 5.59. The molecule has 2 heterocycles. The maximum absolute atomic E-state index is 5.59. The van der Waals surface area contributed by atoms with Crippen LogP contribution in [0.1, 0.15) is 43.5 Å². The van der Waals surface area contributed by atoms with Crippen LogP contribution in [0.2, 0.25) is 0 Å². The van der Waals surface area contributed by atoms with E-state index in [0.717, 1.165) is 44.7 Å². The summed E-state index contributed by atoms with van der Waals surface area (Å²) in [4.78, 5) is 4.38. The van der Waals surface area contributed by atoms with E-state index in [-0.39, 0.29) is 6.10 Å². The summed E-state index contributed by atoms with van der Waals surface area (Å²) in [5.74, 6) is 1.44. The molecule has 1 saturated heterocycles. The second-order valence-corrected chi connectivity index (χ2v) is 4.11. The highest BCUT2D eigenvalue weighted by Crippen LogP contribution is 2.26. The Morgan fingerprint density at radius 3 is 3.12 bits per heavy atom. The first kappa shape index (κ1) is 11.5. The predicted octanol–water partition coefficient (Wildman–Crippen LogP) is 1.46. The highest BCUT2D eigenvalue weighted by atomic mass is 16.5. The molecule has 5 nitrogen and oxygen atoms in total. The van der Waals surface area contributed by atoms with E-state index in [2.05, 4.69) is 15.5 Å². The summed E-state index contributed by atoms with van der Waals surface area (Å²) < 4.78 is 10.8. The van der Waals surface area contributed by atoms with Crippen molar-refractivity contribution in [1.29, 1.82) is 0 Å². The van der Waals surface area contributed by atoms with Crippen molar-refractivity contribution in [2.75, 3.05) is 20.2 Å². The van der Waals surface area contributed by atoms with Crippen molar-refractivity contribution in [2.45, 2.75) is 38.2 Å². The molecular weight excluding hydrogens is 206 g/mol. The molecule has 1 atom stereocenters. The normalized spacial score (nSPS) is 21.2. The predicted molar refractivity (Wildman–Crippen MR) is 59.1 cm³/mol. The lowest BCUT2D eigenvalue weighted by molar-refractivity contribution is -0.00459. The monoisotopic (exact) mass is 225 g/mol. The molecule has 0 spiro atoms. The zero-order valence-electron chi connectivity index (χ0n) is 9.74. The molecule has 0 radical (unpaired) electrons. The summed E-state index contributed by atoms with van der Waals surface area (Å²) in [6.45, 7) is 1.78. The molecule has 16 heavy (non-hydrogen) atoms. The summed E-state index contributed by atoms with van der Waals surface area (Å²) in [7, 11) is 1.94. The van der Waals surface area contributed by atoms with Crippen molar-refractivity contribution in [1.82, 2.24) is 15.5 Å². The first-order valence-electron chi connectivity index (χ1n) is 5.99. The van der Waals surface area contributed by atoms with E-state index < -0.39 is 0 Å². The molecule has 1 aromatic heterocycles. The van der Waals surface area contributed by atoms with Crippen LogP contribution in [0.5, 0.6) is 0 Å². The summed E-state index contributed by atoms with van der Waals surface area (Å²) >= 11 is 0. The van der Waals surface area contributed by atoms with E-state index in [0.29, 0.717) is 5.89 Å². The van der Waals surface area contributed by atoms with Crippen LogP contribution in [0.25, 0.3) is 0 Å². The number of nitrogens with one attached hydrogen (secondary N) is 1. The Kier molecular flexibility index (Phi) is 4.30. The van der Waals surface area contributed by atoms with Gasteiger partial charge < -0.3 is 14.6 Å². The van der Waals surface area contributed by atoms with Gasteiger partial charge >= 0.3 is 0 Å². The second-order valence-electron chi connectivity index (χ2n) is 4.11. The second kappa shape index (κ2) is 5.96. The van der Waals surface area contributed by atoms with Gasteiger partial charge in [0.15, 0.2) is 5.82 Å². The molecule has 1 unspecified atom stereocenters. The molecule has 1 aliphatic rings. The van der Waals surface area contributed by atoms with Gasteiger partial charge in [-0.05, 0) is 39.3 Å². The zero-order chi connectivity index (χ0) is 11.2. The Bertz CT molecular complexity index is 308. The van der Waals surface area contributed by atoms with Gasteiger partial charge in [0, 0.05) is 13.0 Å². The van der Waals surface area contributed by atoms with Gasteiger partial charge in [0.1, 0.15) is 6.10 Å². The lowest BCUT2D eigenvalue weighted by Gasteiger charge is -2.18. The SMILES string of the molecule is CNCCCc1noc(C2CCCCO2)n1. The van der Waals surface area contributed by atoms with Crippen LogP contribution in [0.3, 0.4) is 0 Å². The largest absolute Gasteiger partial charge is 0.368 e. The molecule has 1 N–H and O–H groups in total. The number of ether oxygens (including phenoxy) is 1. The number of aromatic nitrogens is 2. The van der Waals surface area contributed by atoms with Gasteiger partial charge in [0.05, 0.1) is 0 Å². The van der Waals surface area contributed by atoms with Crippen molar-refractivity contribution < 1.29 is 9.26 Å². The van der Waals surface area contributed by atoms with Crippen molar-refractivity contribution >= 4 is 0 Å². The number of hydrogen-bond donors (Lipinski definition) is 1. The fraction of sp³-hybridized carbons (Fsp3) is 0.818. The van der Waals surface area contributed by atoms with Crippen LogP contribution in [-0.4, -0.2) is 30.3 Å². The standard InChI is InChI=1S/C11H19N3O2/c1-12-7-4-6-10-13-11(16-14-10)9-5-2-3-8-15-9/h9,12H,2-8H2,1H3. The maximum Gasteiger partial charge on any atom is 0.255 e. The van der Waals surface area contributed by atoms with Gasteiger partial charge in [0.25, 0.3) is 5.89 Å². The van der Waals surface area contributed by atoms with Gasteiger partial charge in [0.2, 0.25) is 0 Å². The molecule has 0 amide bonds. The van der Waals surface area contributed by atoms with Crippen LogP contribution in [0, 0.1) is 0 Å². The number of hydrogen-bond acceptors (Lipinski definition) is 5. The number of aryl methyl sites for hydroxylation is 1. The lowest BCUT2D eigenvalue weighted by Crippen LogP contribution is -2.12. The molecule has 0 saturated carbocycles. The van der Waals surface area contributed by atoms with Crippen LogP contribution in [0.15, 0.2) is 4.52 Å². The topological polar surface area (TPSA) is 60.2 Å². The minimum absolute atomic E-state index is 0.0271. The minimum Gasteiger partial charge on any atom is -0.368 e. The molecule has 1 aromatic rings. The smallest absolute Gasteiger partial charge is 0.255 e. The fourth-order valence-electron chi connectivity index (χ4n) is 1.86. The average Bonchev–Trinajstić information content (AvgIpc) is 2.79. The third-order valence-corrected chi connectivity index (χ3v) is 2.77. The van der Waals surface area contributed by atoms with E-state index in [4.69, 9.17) is 9.26 Å². The quantitative estimate of drug-likeness (QED) is 0.769. The van der Waals surface area contributed by atoms with Crippen molar-refractivity contribution in [3.05, 3.63) is 11.7 Å². The van der Waals surface area contributed by atoms with Crippen molar-refractivity contribution in [2.24, 2.45) is 0 Å². The molecule has 1 aliphatic heterocycles. The Morgan fingerprint density at radius 2 is 2.38 bits per heavy atom. The lowest BCUT2D eigenvalue weighted by atomic mass is 10.1. The molecule has 90 valence electrons. The number of nitrogens with zero attached hydrogens (tertiary/aromatic N) is 2. The molecule has 0 aliphatic carbocycles. The highest BCUT2D eigenvalue weighted by molar-refractivity contribution is 4.91. The van der Waals surface area contributed by atoms with E-state index in [9.17, 15) is 0 Å². The van der Waals surface area contributed by atoms with Gasteiger partial charge in [-0.2, -0.15) is 4.98 Å². The molecular formula is C11H19N3O2. The first-order chi connectivity index (χ1) is 7.90. The van der Waals surface area contributed by atoms with Gasteiger partial charge in [-0.25, -0.2) is 0 Å². The third-order valence-electron chi connectivity index (χ3n) is 2.77. The van der Waals surface area contributed by atoms with Crippen LogP contribution in [0.4, 0.5) is 0 Å². The summed E-state index contributed by atoms with van der Waals surface area (Å²) in [5.41, 5.74) is 0. The van der Waals surface area contributed by atoms with Gasteiger partial charge in [-0.15, -0.1) is 0 Å². The Labute approximate surface area is 95.6 Å². The Morgan fingerprint density at radius 1 is 1.44 bits per heavy atom. The summed E-state index contributed by atoms with van der Waals surface area (Å²) in [5, 5.41) is 7.07. The molecule has 2 rings (SSSR count). The summed E-state index contributed by atoms with van der Waals surface area (Å²) in [6, 6.07) is 0. The fourth-order valence-corrected chi connectivity index (χ4v) is 1.86. The van der Waals surface area contributed by atoms with Crippen LogP contribution >= 0.6 is 0 Å². The van der Waals surface area contributed by atoms with Gasteiger partial charge in [-0.3, -0.25) is 0 Å². The van der Waals surface area contributed by atoms with E-state index in [1.807, 2.05) is 7.05 Å². The van der Waals surface area contributed by atoms with E-state index >= 15 is 0 Å². The average molecular weight is 225 g/mol. The van der Waals surface area contributed by atoms with Gasteiger partial charge in [-0.1, -0.05) is 5.16 Å². The molecule has 0 bridgehead atoms. The van der Waals surface area contributed by atoms with Crippen LogP contribution < -0.4 is 5.32 Å². The Hall–Kier alpha value is -0.940. The third kappa shape index (κ3) is 3.02. The first-order valence-corrected chi connectivity index (χ1v) is 5.99. The van der Waals surface area contributed by atoms with E-state index in [1.54, 1.807) is 0 Å². The van der Waals surface area contributed by atoms with Crippen molar-refractivity contribution in [3.63, 3.8) is 0 Å². The van der Waals surface area contributed by atoms with E-state index in [1.165, 1.54) is 6.42 Å². The summed E-state index contributed by atoms with van der Waals surface area (Å²) in [6.07, 6.45) is 5.23. The molecule has 5 heteroatoms. The number of rotatable bonds is 5.